The number of alkyl halides is 1. The van der Waals surface area contributed by atoms with E-state index in [-0.39, 0.29) is 5.82 Å². The second kappa shape index (κ2) is 4.63. The maximum absolute atomic E-state index is 13.0. The highest BCUT2D eigenvalue weighted by atomic mass is 79.9. The first-order valence-corrected chi connectivity index (χ1v) is 4.92. The average Bonchev–Trinajstić information content (AvgIpc) is 2.04. The van der Waals surface area contributed by atoms with Gasteiger partial charge in [0.2, 0.25) is 0 Å². The lowest BCUT2D eigenvalue weighted by molar-refractivity contribution is 0.625. The smallest absolute Gasteiger partial charge is 0.131 e. The van der Waals surface area contributed by atoms with Gasteiger partial charge in [-0.1, -0.05) is 45.7 Å². The fourth-order valence-electron chi connectivity index (χ4n) is 0.832. The predicted octanol–water partition coefficient (Wildman–Crippen LogP) is 3.89. The average molecular weight is 250 g/mol. The minimum Gasteiger partial charge on any atom is -0.206 e. The molecule has 0 nitrogen and oxygen atoms in total. The number of allylic oxidation sites excluding steroid dienone is 1. The third kappa shape index (κ3) is 2.32. The van der Waals surface area contributed by atoms with Crippen LogP contribution in [0, 0.1) is 5.82 Å². The third-order valence-electron chi connectivity index (χ3n) is 1.37. The first kappa shape index (κ1) is 9.75. The molecule has 1 aromatic rings. The summed E-state index contributed by atoms with van der Waals surface area (Å²) >= 11 is 8.96. The van der Waals surface area contributed by atoms with Crippen LogP contribution >= 0.6 is 27.5 Å². The summed E-state index contributed by atoms with van der Waals surface area (Å²) in [6.45, 7) is 0. The summed E-state index contributed by atoms with van der Waals surface area (Å²) in [7, 11) is 0. The third-order valence-corrected chi connectivity index (χ3v) is 2.08. The quantitative estimate of drug-likeness (QED) is 0.698. The Kier molecular flexibility index (Phi) is 3.76. The molecule has 0 N–H and O–H groups in total. The van der Waals surface area contributed by atoms with Crippen molar-refractivity contribution < 1.29 is 4.39 Å². The monoisotopic (exact) mass is 248 g/mol. The second-order valence-corrected chi connectivity index (χ2v) is 3.25. The van der Waals surface area contributed by atoms with Crippen molar-refractivity contribution in [1.29, 1.82) is 0 Å². The van der Waals surface area contributed by atoms with Gasteiger partial charge in [0.05, 0.1) is 5.02 Å². The van der Waals surface area contributed by atoms with E-state index in [1.54, 1.807) is 24.3 Å². The lowest BCUT2D eigenvalue weighted by atomic mass is 10.2. The number of hydrogen-bond acceptors (Lipinski definition) is 0. The van der Waals surface area contributed by atoms with Gasteiger partial charge in [-0.15, -0.1) is 0 Å². The molecular weight excluding hydrogens is 242 g/mol. The summed E-state index contributed by atoms with van der Waals surface area (Å²) < 4.78 is 13.0. The number of benzene rings is 1. The molecule has 0 aliphatic rings. The van der Waals surface area contributed by atoms with Crippen molar-refractivity contribution in [1.82, 2.24) is 0 Å². The molecule has 0 radical (unpaired) electrons. The first-order chi connectivity index (χ1) is 5.75. The van der Waals surface area contributed by atoms with E-state index in [1.807, 2.05) is 0 Å². The Morgan fingerprint density at radius 1 is 1.50 bits per heavy atom. The molecule has 0 atom stereocenters. The Morgan fingerprint density at radius 2 is 2.25 bits per heavy atom. The van der Waals surface area contributed by atoms with E-state index >= 15 is 0 Å². The number of halogens is 3. The van der Waals surface area contributed by atoms with Gasteiger partial charge < -0.3 is 0 Å². The largest absolute Gasteiger partial charge is 0.206 e. The van der Waals surface area contributed by atoms with Crippen LogP contribution in [0.25, 0.3) is 6.08 Å². The summed E-state index contributed by atoms with van der Waals surface area (Å²) in [4.78, 5) is 0. The van der Waals surface area contributed by atoms with E-state index in [0.717, 1.165) is 0 Å². The topological polar surface area (TPSA) is 0 Å². The predicted molar refractivity (Wildman–Crippen MR) is 54.2 cm³/mol. The molecule has 0 saturated carbocycles. The van der Waals surface area contributed by atoms with Crippen LogP contribution in [-0.2, 0) is 0 Å². The Bertz CT molecular complexity index is 276. The van der Waals surface area contributed by atoms with Gasteiger partial charge in [0, 0.05) is 10.9 Å². The molecule has 0 unspecified atom stereocenters. The van der Waals surface area contributed by atoms with Crippen molar-refractivity contribution >= 4 is 33.6 Å². The minimum absolute atomic E-state index is 0.292. The highest BCUT2D eigenvalue weighted by Crippen LogP contribution is 2.20. The van der Waals surface area contributed by atoms with E-state index in [4.69, 9.17) is 11.6 Å². The standard InChI is InChI=1S/C9H7BrClF/c10-6-2-3-7-8(11)4-1-5-9(7)12/h1-5H,6H2. The van der Waals surface area contributed by atoms with Crippen LogP contribution in [0.15, 0.2) is 24.3 Å². The maximum atomic E-state index is 13.0. The molecule has 0 aliphatic carbocycles. The van der Waals surface area contributed by atoms with Crippen LogP contribution in [-0.4, -0.2) is 5.33 Å². The Hall–Kier alpha value is -0.340. The molecule has 0 heterocycles. The number of hydrogen-bond donors (Lipinski definition) is 0. The Morgan fingerprint density at radius 3 is 2.83 bits per heavy atom. The van der Waals surface area contributed by atoms with Gasteiger partial charge in [0.1, 0.15) is 5.82 Å². The van der Waals surface area contributed by atoms with Crippen LogP contribution in [0.5, 0.6) is 0 Å². The summed E-state index contributed by atoms with van der Waals surface area (Å²) in [5, 5.41) is 1.13. The van der Waals surface area contributed by atoms with Gasteiger partial charge in [-0.3, -0.25) is 0 Å². The lowest BCUT2D eigenvalue weighted by Crippen LogP contribution is -1.82. The molecule has 0 amide bonds. The molecular formula is C9H7BrClF. The Labute approximate surface area is 84.2 Å². The van der Waals surface area contributed by atoms with Crippen LogP contribution in [0.1, 0.15) is 5.56 Å². The highest BCUT2D eigenvalue weighted by Gasteiger charge is 2.01. The van der Waals surface area contributed by atoms with Crippen molar-refractivity contribution in [3.63, 3.8) is 0 Å². The van der Waals surface area contributed by atoms with E-state index in [9.17, 15) is 4.39 Å². The summed E-state index contributed by atoms with van der Waals surface area (Å²) in [6.07, 6.45) is 3.46. The fourth-order valence-corrected chi connectivity index (χ4v) is 1.25. The fraction of sp³-hybridized carbons (Fsp3) is 0.111. The molecule has 1 rings (SSSR count). The van der Waals surface area contributed by atoms with E-state index < -0.39 is 0 Å². The van der Waals surface area contributed by atoms with Gasteiger partial charge in [-0.25, -0.2) is 4.39 Å². The molecule has 0 spiro atoms. The zero-order valence-corrected chi connectivity index (χ0v) is 8.57. The molecule has 1 aromatic carbocycles. The molecule has 3 heteroatoms. The molecule has 0 aliphatic heterocycles. The van der Waals surface area contributed by atoms with Crippen molar-refractivity contribution in [3.8, 4) is 0 Å². The summed E-state index contributed by atoms with van der Waals surface area (Å²) in [6, 6.07) is 4.64. The Balaban J connectivity index is 3.04. The van der Waals surface area contributed by atoms with Gasteiger partial charge in [0.15, 0.2) is 0 Å². The first-order valence-electron chi connectivity index (χ1n) is 3.42. The van der Waals surface area contributed by atoms with Crippen molar-refractivity contribution in [2.24, 2.45) is 0 Å². The van der Waals surface area contributed by atoms with Gasteiger partial charge in [0.25, 0.3) is 0 Å². The normalized spacial score (nSPS) is 10.9. The van der Waals surface area contributed by atoms with Crippen molar-refractivity contribution in [2.75, 3.05) is 5.33 Å². The number of rotatable bonds is 2. The van der Waals surface area contributed by atoms with Crippen molar-refractivity contribution in [3.05, 3.63) is 40.7 Å². The van der Waals surface area contributed by atoms with Crippen LogP contribution in [0.3, 0.4) is 0 Å². The van der Waals surface area contributed by atoms with Crippen LogP contribution < -0.4 is 0 Å². The van der Waals surface area contributed by atoms with E-state index in [0.29, 0.717) is 15.9 Å². The molecule has 0 aromatic heterocycles. The van der Waals surface area contributed by atoms with E-state index in [1.165, 1.54) is 6.07 Å². The second-order valence-electron chi connectivity index (χ2n) is 2.19. The SMILES string of the molecule is Fc1cccc(Cl)c1C=CCBr. The van der Waals surface area contributed by atoms with Crippen LogP contribution in [0.4, 0.5) is 4.39 Å². The summed E-state index contributed by atoms with van der Waals surface area (Å²) in [5.41, 5.74) is 0.443. The molecule has 64 valence electrons. The van der Waals surface area contributed by atoms with Gasteiger partial charge in [-0.2, -0.15) is 0 Å². The van der Waals surface area contributed by atoms with Gasteiger partial charge >= 0.3 is 0 Å². The molecule has 12 heavy (non-hydrogen) atoms. The highest BCUT2D eigenvalue weighted by molar-refractivity contribution is 9.09. The lowest BCUT2D eigenvalue weighted by Gasteiger charge is -1.98. The van der Waals surface area contributed by atoms with Gasteiger partial charge in [-0.05, 0) is 12.1 Å². The maximum Gasteiger partial charge on any atom is 0.131 e. The zero-order chi connectivity index (χ0) is 8.97. The minimum atomic E-state index is -0.292. The zero-order valence-electron chi connectivity index (χ0n) is 6.23. The van der Waals surface area contributed by atoms with Crippen LogP contribution in [0.2, 0.25) is 5.02 Å². The molecule has 0 saturated heterocycles. The molecule has 0 fully saturated rings. The van der Waals surface area contributed by atoms with Crippen molar-refractivity contribution in [2.45, 2.75) is 0 Å². The van der Waals surface area contributed by atoms with E-state index in [2.05, 4.69) is 15.9 Å². The molecule has 0 bridgehead atoms. The summed E-state index contributed by atoms with van der Waals surface area (Å²) in [5.74, 6) is -0.292.